The molecule has 1 aromatic rings. The first-order valence-corrected chi connectivity index (χ1v) is 4.53. The molecule has 0 saturated carbocycles. The average molecular weight is 211 g/mol. The van der Waals surface area contributed by atoms with Crippen molar-refractivity contribution in [2.75, 3.05) is 0 Å². The zero-order chi connectivity index (χ0) is 10.3. The van der Waals surface area contributed by atoms with Crippen molar-refractivity contribution in [3.8, 4) is 0 Å². The van der Waals surface area contributed by atoms with Crippen LogP contribution in [0.4, 0.5) is 0 Å². The predicted octanol–water partition coefficient (Wildman–Crippen LogP) is 2.09. The van der Waals surface area contributed by atoms with Gasteiger partial charge in [0, 0.05) is 12.0 Å². The van der Waals surface area contributed by atoms with Gasteiger partial charge in [0.05, 0.1) is 10.9 Å². The van der Waals surface area contributed by atoms with E-state index in [4.69, 9.17) is 16.7 Å². The van der Waals surface area contributed by atoms with E-state index in [9.17, 15) is 9.59 Å². The fourth-order valence-corrected chi connectivity index (χ4v) is 2.03. The number of carboxylic acid groups (broad SMARTS) is 1. The molecule has 2 rings (SSSR count). The SMILES string of the molecule is O=C1CC(C(=O)O)c2cccc(Cl)c21. The number of benzene rings is 1. The number of carboxylic acids is 1. The lowest BCUT2D eigenvalue weighted by molar-refractivity contribution is -0.138. The lowest BCUT2D eigenvalue weighted by Gasteiger charge is -2.04. The number of hydrogen-bond acceptors (Lipinski definition) is 2. The van der Waals surface area contributed by atoms with E-state index in [1.807, 2.05) is 0 Å². The molecular formula is C10H7ClO3. The number of fused-ring (bicyclic) bond motifs is 1. The fourth-order valence-electron chi connectivity index (χ4n) is 1.74. The second-order valence-corrected chi connectivity index (χ2v) is 3.63. The van der Waals surface area contributed by atoms with Crippen LogP contribution in [0.1, 0.15) is 28.3 Å². The molecule has 0 fully saturated rings. The average Bonchev–Trinajstić information content (AvgIpc) is 2.45. The molecular weight excluding hydrogens is 204 g/mol. The van der Waals surface area contributed by atoms with E-state index in [0.717, 1.165) is 0 Å². The molecule has 1 atom stereocenters. The lowest BCUT2D eigenvalue weighted by atomic mass is 10.0. The summed E-state index contributed by atoms with van der Waals surface area (Å²) in [6, 6.07) is 4.91. The number of carbonyl (C=O) groups is 2. The standard InChI is InChI=1S/C10H7ClO3/c11-7-3-1-2-5-6(10(13)14)4-8(12)9(5)7/h1-3,6H,4H2,(H,13,14). The maximum Gasteiger partial charge on any atom is 0.311 e. The van der Waals surface area contributed by atoms with Gasteiger partial charge in [-0.3, -0.25) is 9.59 Å². The molecule has 0 radical (unpaired) electrons. The van der Waals surface area contributed by atoms with Gasteiger partial charge in [-0.25, -0.2) is 0 Å². The van der Waals surface area contributed by atoms with E-state index in [-0.39, 0.29) is 12.2 Å². The van der Waals surface area contributed by atoms with Crippen molar-refractivity contribution < 1.29 is 14.7 Å². The molecule has 1 aliphatic carbocycles. The highest BCUT2D eigenvalue weighted by Crippen LogP contribution is 2.36. The van der Waals surface area contributed by atoms with Crippen LogP contribution in [0.2, 0.25) is 5.02 Å². The van der Waals surface area contributed by atoms with Gasteiger partial charge in [-0.15, -0.1) is 0 Å². The predicted molar refractivity (Wildman–Crippen MR) is 50.8 cm³/mol. The van der Waals surface area contributed by atoms with Crippen LogP contribution in [0.25, 0.3) is 0 Å². The highest BCUT2D eigenvalue weighted by molar-refractivity contribution is 6.34. The number of rotatable bonds is 1. The maximum absolute atomic E-state index is 11.5. The zero-order valence-electron chi connectivity index (χ0n) is 7.16. The zero-order valence-corrected chi connectivity index (χ0v) is 7.91. The number of aliphatic carboxylic acids is 1. The minimum absolute atomic E-state index is 0.0222. The van der Waals surface area contributed by atoms with Gasteiger partial charge in [-0.2, -0.15) is 0 Å². The summed E-state index contributed by atoms with van der Waals surface area (Å²) >= 11 is 5.82. The Kier molecular flexibility index (Phi) is 2.04. The topological polar surface area (TPSA) is 54.4 Å². The molecule has 1 aliphatic rings. The highest BCUT2D eigenvalue weighted by Gasteiger charge is 2.35. The maximum atomic E-state index is 11.5. The van der Waals surface area contributed by atoms with Crippen molar-refractivity contribution in [2.45, 2.75) is 12.3 Å². The Hall–Kier alpha value is -1.35. The highest BCUT2D eigenvalue weighted by atomic mass is 35.5. The number of hydrogen-bond donors (Lipinski definition) is 1. The third kappa shape index (κ3) is 1.21. The van der Waals surface area contributed by atoms with Gasteiger partial charge in [0.2, 0.25) is 0 Å². The van der Waals surface area contributed by atoms with Crippen LogP contribution in [0.15, 0.2) is 18.2 Å². The first-order chi connectivity index (χ1) is 6.61. The Balaban J connectivity index is 2.60. The summed E-state index contributed by atoms with van der Waals surface area (Å²) in [6.07, 6.45) is 0.0222. The number of Topliss-reactive ketones (excluding diaryl/α,β-unsaturated/α-hetero) is 1. The molecule has 14 heavy (non-hydrogen) atoms. The van der Waals surface area contributed by atoms with Gasteiger partial charge in [0.25, 0.3) is 0 Å². The lowest BCUT2D eigenvalue weighted by Crippen LogP contribution is -2.08. The van der Waals surface area contributed by atoms with Gasteiger partial charge in [0.1, 0.15) is 0 Å². The van der Waals surface area contributed by atoms with E-state index in [2.05, 4.69) is 0 Å². The Morgan fingerprint density at radius 3 is 2.86 bits per heavy atom. The molecule has 0 heterocycles. The van der Waals surface area contributed by atoms with Crippen molar-refractivity contribution in [2.24, 2.45) is 0 Å². The van der Waals surface area contributed by atoms with E-state index in [1.165, 1.54) is 0 Å². The first kappa shape index (κ1) is 9.21. The summed E-state index contributed by atoms with van der Waals surface area (Å²) < 4.78 is 0. The van der Waals surface area contributed by atoms with Gasteiger partial charge in [-0.1, -0.05) is 23.7 Å². The quantitative estimate of drug-likeness (QED) is 0.772. The summed E-state index contributed by atoms with van der Waals surface area (Å²) in [6.45, 7) is 0. The molecule has 1 aromatic carbocycles. The Bertz CT molecular complexity index is 425. The molecule has 0 aliphatic heterocycles. The second-order valence-electron chi connectivity index (χ2n) is 3.22. The number of halogens is 1. The molecule has 1 N–H and O–H groups in total. The summed E-state index contributed by atoms with van der Waals surface area (Å²) in [5.41, 5.74) is 0.913. The molecule has 0 saturated heterocycles. The minimum Gasteiger partial charge on any atom is -0.481 e. The monoisotopic (exact) mass is 210 g/mol. The minimum atomic E-state index is -0.973. The summed E-state index contributed by atoms with van der Waals surface area (Å²) in [7, 11) is 0. The smallest absolute Gasteiger partial charge is 0.311 e. The molecule has 3 nitrogen and oxygen atoms in total. The summed E-state index contributed by atoms with van der Waals surface area (Å²) in [5.74, 6) is -1.88. The Labute approximate surface area is 85.3 Å². The largest absolute Gasteiger partial charge is 0.481 e. The molecule has 0 bridgehead atoms. The third-order valence-corrected chi connectivity index (χ3v) is 2.70. The van der Waals surface area contributed by atoms with Crippen LogP contribution < -0.4 is 0 Å². The van der Waals surface area contributed by atoms with Crippen LogP contribution >= 0.6 is 11.6 Å². The van der Waals surface area contributed by atoms with Crippen LogP contribution in [-0.2, 0) is 4.79 Å². The normalized spacial score (nSPS) is 19.5. The number of carbonyl (C=O) groups excluding carboxylic acids is 1. The first-order valence-electron chi connectivity index (χ1n) is 4.15. The van der Waals surface area contributed by atoms with E-state index in [1.54, 1.807) is 18.2 Å². The van der Waals surface area contributed by atoms with Crippen molar-refractivity contribution in [1.82, 2.24) is 0 Å². The molecule has 0 spiro atoms. The molecule has 0 aromatic heterocycles. The van der Waals surface area contributed by atoms with Crippen LogP contribution in [0.5, 0.6) is 0 Å². The van der Waals surface area contributed by atoms with E-state index in [0.29, 0.717) is 16.1 Å². The fraction of sp³-hybridized carbons (Fsp3) is 0.200. The van der Waals surface area contributed by atoms with Crippen LogP contribution in [-0.4, -0.2) is 16.9 Å². The van der Waals surface area contributed by atoms with Crippen LogP contribution in [0, 0.1) is 0 Å². The van der Waals surface area contributed by atoms with E-state index < -0.39 is 11.9 Å². The van der Waals surface area contributed by atoms with Gasteiger partial charge in [0.15, 0.2) is 5.78 Å². The van der Waals surface area contributed by atoms with Crippen molar-refractivity contribution >= 4 is 23.4 Å². The third-order valence-electron chi connectivity index (χ3n) is 2.39. The summed E-state index contributed by atoms with van der Waals surface area (Å²) in [4.78, 5) is 22.3. The molecule has 72 valence electrons. The van der Waals surface area contributed by atoms with E-state index >= 15 is 0 Å². The molecule has 4 heteroatoms. The Morgan fingerprint density at radius 2 is 2.21 bits per heavy atom. The van der Waals surface area contributed by atoms with Gasteiger partial charge >= 0.3 is 5.97 Å². The van der Waals surface area contributed by atoms with Crippen molar-refractivity contribution in [1.29, 1.82) is 0 Å². The van der Waals surface area contributed by atoms with Crippen molar-refractivity contribution in [3.63, 3.8) is 0 Å². The Morgan fingerprint density at radius 1 is 1.50 bits per heavy atom. The molecule has 1 unspecified atom stereocenters. The second kappa shape index (κ2) is 3.10. The van der Waals surface area contributed by atoms with Gasteiger partial charge < -0.3 is 5.11 Å². The van der Waals surface area contributed by atoms with Crippen molar-refractivity contribution in [3.05, 3.63) is 34.3 Å². The van der Waals surface area contributed by atoms with Gasteiger partial charge in [-0.05, 0) is 11.6 Å². The summed E-state index contributed by atoms with van der Waals surface area (Å²) in [5, 5.41) is 9.22. The molecule has 0 amide bonds. The van der Waals surface area contributed by atoms with Crippen LogP contribution in [0.3, 0.4) is 0 Å². The number of ketones is 1.